The van der Waals surface area contributed by atoms with Gasteiger partial charge in [0, 0.05) is 23.2 Å². The Hall–Kier alpha value is -1.96. The van der Waals surface area contributed by atoms with Crippen LogP contribution in [0.15, 0.2) is 41.3 Å². The van der Waals surface area contributed by atoms with Crippen molar-refractivity contribution in [3.8, 4) is 0 Å². The SMILES string of the molecule is CC(C)NS(=O)(=O)c1ccc(C(=O)N2CCCc3c(Cl)ccc(F)c32)cc1. The highest BCUT2D eigenvalue weighted by Crippen LogP contribution is 2.35. The molecule has 1 heterocycles. The summed E-state index contributed by atoms with van der Waals surface area (Å²) >= 11 is 6.16. The molecule has 8 heteroatoms. The fourth-order valence-corrected chi connectivity index (χ4v) is 4.65. The summed E-state index contributed by atoms with van der Waals surface area (Å²) in [6.45, 7) is 3.82. The molecule has 0 aliphatic carbocycles. The fraction of sp³-hybridized carbons (Fsp3) is 0.316. The summed E-state index contributed by atoms with van der Waals surface area (Å²) in [5.74, 6) is -0.888. The number of hydrogen-bond donors (Lipinski definition) is 1. The van der Waals surface area contributed by atoms with Crippen LogP contribution in [-0.4, -0.2) is 26.9 Å². The number of benzene rings is 2. The number of amides is 1. The van der Waals surface area contributed by atoms with Crippen LogP contribution >= 0.6 is 11.6 Å². The van der Waals surface area contributed by atoms with Crippen molar-refractivity contribution in [1.82, 2.24) is 4.72 Å². The average Bonchev–Trinajstić information content (AvgIpc) is 2.63. The van der Waals surface area contributed by atoms with Crippen LogP contribution in [0.4, 0.5) is 10.1 Å². The maximum absolute atomic E-state index is 14.4. The Morgan fingerprint density at radius 3 is 2.48 bits per heavy atom. The van der Waals surface area contributed by atoms with E-state index >= 15 is 0 Å². The molecule has 1 aliphatic heterocycles. The molecule has 3 rings (SSSR count). The van der Waals surface area contributed by atoms with Gasteiger partial charge in [0.25, 0.3) is 5.91 Å². The topological polar surface area (TPSA) is 66.5 Å². The second kappa shape index (κ2) is 7.58. The number of anilines is 1. The van der Waals surface area contributed by atoms with Gasteiger partial charge in [-0.1, -0.05) is 11.6 Å². The van der Waals surface area contributed by atoms with Gasteiger partial charge in [0.2, 0.25) is 10.0 Å². The zero-order valence-electron chi connectivity index (χ0n) is 15.0. The van der Waals surface area contributed by atoms with Gasteiger partial charge < -0.3 is 4.90 Å². The number of sulfonamides is 1. The average molecular weight is 411 g/mol. The minimum atomic E-state index is -3.64. The first-order valence-corrected chi connectivity index (χ1v) is 10.5. The Morgan fingerprint density at radius 1 is 1.19 bits per heavy atom. The van der Waals surface area contributed by atoms with Crippen LogP contribution in [0.2, 0.25) is 5.02 Å². The monoisotopic (exact) mass is 410 g/mol. The quantitative estimate of drug-likeness (QED) is 0.834. The lowest BCUT2D eigenvalue weighted by molar-refractivity contribution is 0.0984. The van der Waals surface area contributed by atoms with Gasteiger partial charge in [-0.3, -0.25) is 4.79 Å². The summed E-state index contributed by atoms with van der Waals surface area (Å²) in [4.78, 5) is 14.4. The minimum Gasteiger partial charge on any atom is -0.305 e. The van der Waals surface area contributed by atoms with Crippen molar-refractivity contribution in [3.05, 3.63) is 58.4 Å². The van der Waals surface area contributed by atoms with Crippen molar-refractivity contribution in [3.63, 3.8) is 0 Å². The minimum absolute atomic E-state index is 0.0704. The van der Waals surface area contributed by atoms with Gasteiger partial charge in [0.05, 0.1) is 10.6 Å². The van der Waals surface area contributed by atoms with Crippen molar-refractivity contribution in [2.24, 2.45) is 0 Å². The number of rotatable bonds is 4. The Labute approximate surface area is 163 Å². The molecule has 2 aromatic rings. The van der Waals surface area contributed by atoms with E-state index in [4.69, 9.17) is 11.6 Å². The van der Waals surface area contributed by atoms with E-state index in [-0.39, 0.29) is 22.2 Å². The summed E-state index contributed by atoms with van der Waals surface area (Å²) in [5, 5.41) is 0.435. The van der Waals surface area contributed by atoms with Crippen molar-refractivity contribution < 1.29 is 17.6 Å². The molecule has 1 amide bonds. The molecule has 0 radical (unpaired) electrons. The van der Waals surface area contributed by atoms with E-state index in [0.29, 0.717) is 30.0 Å². The zero-order valence-corrected chi connectivity index (χ0v) is 16.6. The van der Waals surface area contributed by atoms with Crippen LogP contribution in [0, 0.1) is 5.82 Å². The maximum Gasteiger partial charge on any atom is 0.258 e. The number of carbonyl (C=O) groups is 1. The van der Waals surface area contributed by atoms with E-state index < -0.39 is 21.7 Å². The van der Waals surface area contributed by atoms with Gasteiger partial charge in [0.1, 0.15) is 5.82 Å². The second-order valence-electron chi connectivity index (χ2n) is 6.72. The van der Waals surface area contributed by atoms with Crippen molar-refractivity contribution in [1.29, 1.82) is 0 Å². The predicted octanol–water partition coefficient (Wildman–Crippen LogP) is 3.76. The summed E-state index contributed by atoms with van der Waals surface area (Å²) in [6.07, 6.45) is 1.28. The van der Waals surface area contributed by atoms with Crippen LogP contribution < -0.4 is 9.62 Å². The maximum atomic E-state index is 14.4. The summed E-state index contributed by atoms with van der Waals surface area (Å²) in [7, 11) is -3.64. The molecule has 0 unspecified atom stereocenters. The highest BCUT2D eigenvalue weighted by atomic mass is 35.5. The Kier molecular flexibility index (Phi) is 5.55. The van der Waals surface area contributed by atoms with Crippen LogP contribution in [0.3, 0.4) is 0 Å². The van der Waals surface area contributed by atoms with Gasteiger partial charge in [-0.2, -0.15) is 0 Å². The molecule has 27 heavy (non-hydrogen) atoms. The van der Waals surface area contributed by atoms with Crippen LogP contribution in [0.25, 0.3) is 0 Å². The highest BCUT2D eigenvalue weighted by Gasteiger charge is 2.28. The van der Waals surface area contributed by atoms with Gasteiger partial charge in [-0.05, 0) is 68.7 Å². The summed E-state index contributed by atoms with van der Waals surface area (Å²) < 4.78 is 41.3. The lowest BCUT2D eigenvalue weighted by atomic mass is 10.00. The predicted molar refractivity (Wildman–Crippen MR) is 103 cm³/mol. The van der Waals surface area contributed by atoms with E-state index in [1.54, 1.807) is 13.8 Å². The van der Waals surface area contributed by atoms with E-state index in [1.165, 1.54) is 41.3 Å². The van der Waals surface area contributed by atoms with Gasteiger partial charge in [0.15, 0.2) is 0 Å². The molecule has 0 bridgehead atoms. The molecule has 0 saturated heterocycles. The van der Waals surface area contributed by atoms with Gasteiger partial charge in [-0.15, -0.1) is 0 Å². The Bertz CT molecular complexity index is 975. The van der Waals surface area contributed by atoms with Crippen LogP contribution in [-0.2, 0) is 16.4 Å². The number of fused-ring (bicyclic) bond motifs is 1. The summed E-state index contributed by atoms with van der Waals surface area (Å²) in [5.41, 5.74) is 1.11. The molecular weight excluding hydrogens is 391 g/mol. The van der Waals surface area contributed by atoms with E-state index in [2.05, 4.69) is 4.72 Å². The first-order chi connectivity index (χ1) is 12.7. The molecule has 144 valence electrons. The van der Waals surface area contributed by atoms with Crippen molar-refractivity contribution in [2.75, 3.05) is 11.4 Å². The van der Waals surface area contributed by atoms with E-state index in [1.807, 2.05) is 0 Å². The smallest absolute Gasteiger partial charge is 0.258 e. The first-order valence-electron chi connectivity index (χ1n) is 8.62. The Morgan fingerprint density at radius 2 is 1.85 bits per heavy atom. The standard InChI is InChI=1S/C19H20ClFN2O3S/c1-12(2)22-27(25,26)14-7-5-13(6-8-14)19(24)23-11-3-4-15-16(20)9-10-17(21)18(15)23/h5-10,12,22H,3-4,11H2,1-2H3. The first kappa shape index (κ1) is 19.8. The highest BCUT2D eigenvalue weighted by molar-refractivity contribution is 7.89. The lowest BCUT2D eigenvalue weighted by Crippen LogP contribution is -2.36. The normalized spacial score (nSPS) is 14.3. The van der Waals surface area contributed by atoms with Gasteiger partial charge in [-0.25, -0.2) is 17.5 Å². The zero-order chi connectivity index (χ0) is 19.8. The molecule has 1 aliphatic rings. The molecule has 0 spiro atoms. The van der Waals surface area contributed by atoms with Gasteiger partial charge >= 0.3 is 0 Å². The number of nitrogens with one attached hydrogen (secondary N) is 1. The molecule has 0 atom stereocenters. The fourth-order valence-electron chi connectivity index (χ4n) is 3.15. The molecule has 0 saturated carbocycles. The second-order valence-corrected chi connectivity index (χ2v) is 8.84. The molecule has 2 aromatic carbocycles. The van der Waals surface area contributed by atoms with E-state index in [0.717, 1.165) is 0 Å². The molecular formula is C19H20ClFN2O3S. The largest absolute Gasteiger partial charge is 0.305 e. The lowest BCUT2D eigenvalue weighted by Gasteiger charge is -2.30. The van der Waals surface area contributed by atoms with E-state index in [9.17, 15) is 17.6 Å². The number of nitrogens with zero attached hydrogens (tertiary/aromatic N) is 1. The summed E-state index contributed by atoms with van der Waals surface area (Å²) in [6, 6.07) is 8.12. The third-order valence-corrected chi connectivity index (χ3v) is 6.33. The van der Waals surface area contributed by atoms with Crippen LogP contribution in [0.1, 0.15) is 36.2 Å². The number of carbonyl (C=O) groups excluding carboxylic acids is 1. The van der Waals surface area contributed by atoms with Crippen molar-refractivity contribution >= 4 is 33.2 Å². The Balaban J connectivity index is 1.92. The molecule has 0 fully saturated rings. The van der Waals surface area contributed by atoms with Crippen molar-refractivity contribution in [2.45, 2.75) is 37.6 Å². The van der Waals surface area contributed by atoms with Crippen LogP contribution in [0.5, 0.6) is 0 Å². The molecule has 1 N–H and O–H groups in total. The number of hydrogen-bond acceptors (Lipinski definition) is 3. The number of halogens is 2. The third kappa shape index (κ3) is 4.00. The molecule has 0 aromatic heterocycles. The molecule has 5 nitrogen and oxygen atoms in total. The third-order valence-electron chi connectivity index (χ3n) is 4.30.